The van der Waals surface area contributed by atoms with E-state index in [1.807, 2.05) is 6.92 Å². The van der Waals surface area contributed by atoms with Gasteiger partial charge in [0.15, 0.2) is 0 Å². The molecule has 20 heavy (non-hydrogen) atoms. The number of rotatable bonds is 8. The van der Waals surface area contributed by atoms with Crippen molar-refractivity contribution in [2.24, 2.45) is 0 Å². The molecule has 1 rings (SSSR count). The predicted octanol–water partition coefficient (Wildman–Crippen LogP) is 2.77. The van der Waals surface area contributed by atoms with Gasteiger partial charge in [0.25, 0.3) is 0 Å². The minimum Gasteiger partial charge on any atom is -0.381 e. The van der Waals surface area contributed by atoms with Crippen LogP contribution in [-0.4, -0.2) is 35.8 Å². The molecule has 0 fully saturated rings. The second-order valence-electron chi connectivity index (χ2n) is 5.64. The quantitative estimate of drug-likeness (QED) is 0.743. The molecule has 0 aromatic carbocycles. The summed E-state index contributed by atoms with van der Waals surface area (Å²) >= 11 is 0. The van der Waals surface area contributed by atoms with Crippen LogP contribution in [0.3, 0.4) is 0 Å². The van der Waals surface area contributed by atoms with E-state index in [1.54, 1.807) is 0 Å². The molecule has 4 nitrogen and oxygen atoms in total. The van der Waals surface area contributed by atoms with Crippen LogP contribution in [0, 0.1) is 13.8 Å². The van der Waals surface area contributed by atoms with Crippen LogP contribution in [0.4, 0.5) is 0 Å². The summed E-state index contributed by atoms with van der Waals surface area (Å²) in [5, 5.41) is 3.48. The highest BCUT2D eigenvalue weighted by Gasteiger charge is 2.15. The van der Waals surface area contributed by atoms with Gasteiger partial charge in [-0.2, -0.15) is 0 Å². The van der Waals surface area contributed by atoms with E-state index in [2.05, 4.69) is 49.9 Å². The molecule has 1 heterocycles. The average Bonchev–Trinajstić information content (AvgIpc) is 2.36. The van der Waals surface area contributed by atoms with Crippen LogP contribution in [0.25, 0.3) is 0 Å². The molecule has 0 aliphatic carbocycles. The van der Waals surface area contributed by atoms with E-state index in [9.17, 15) is 0 Å². The molecule has 0 spiro atoms. The average molecular weight is 279 g/mol. The Hall–Kier alpha value is -1.00. The summed E-state index contributed by atoms with van der Waals surface area (Å²) in [6.45, 7) is 15.1. The maximum absolute atomic E-state index is 5.37. The van der Waals surface area contributed by atoms with Crippen molar-refractivity contribution in [2.75, 3.05) is 19.8 Å². The number of nitrogens with zero attached hydrogens (tertiary/aromatic N) is 2. The topological polar surface area (TPSA) is 47.0 Å². The zero-order valence-corrected chi connectivity index (χ0v) is 13.8. The molecule has 114 valence electrons. The Kier molecular flexibility index (Phi) is 7.10. The SMILES string of the molecule is CCOCCc1nc(C)c(C(C)CNC(C)C)c(C)n1. The maximum Gasteiger partial charge on any atom is 0.131 e. The molecule has 1 aromatic heterocycles. The summed E-state index contributed by atoms with van der Waals surface area (Å²) in [6, 6.07) is 0.504. The highest BCUT2D eigenvalue weighted by molar-refractivity contribution is 5.28. The summed E-state index contributed by atoms with van der Waals surface area (Å²) < 4.78 is 5.37. The standard InChI is InChI=1S/C16H29N3O/c1-7-20-9-8-15-18-13(5)16(14(6)19-15)12(4)10-17-11(2)3/h11-12,17H,7-10H2,1-6H3. The third-order valence-electron chi connectivity index (χ3n) is 3.37. The zero-order chi connectivity index (χ0) is 15.1. The Bertz CT molecular complexity index is 395. The van der Waals surface area contributed by atoms with E-state index >= 15 is 0 Å². The Labute approximate surface area is 123 Å². The fourth-order valence-electron chi connectivity index (χ4n) is 2.44. The molecule has 0 bridgehead atoms. The molecule has 0 aliphatic heterocycles. The first kappa shape index (κ1) is 17.1. The molecule has 0 radical (unpaired) electrons. The lowest BCUT2D eigenvalue weighted by atomic mass is 9.97. The Morgan fingerprint density at radius 2 is 1.70 bits per heavy atom. The number of hydrogen-bond acceptors (Lipinski definition) is 4. The van der Waals surface area contributed by atoms with Gasteiger partial charge in [-0.15, -0.1) is 0 Å². The highest BCUT2D eigenvalue weighted by Crippen LogP contribution is 2.21. The van der Waals surface area contributed by atoms with Crippen LogP contribution in [0.1, 0.15) is 56.4 Å². The van der Waals surface area contributed by atoms with Crippen LogP contribution in [-0.2, 0) is 11.2 Å². The van der Waals surface area contributed by atoms with Crippen molar-refractivity contribution in [1.29, 1.82) is 0 Å². The van der Waals surface area contributed by atoms with Crippen molar-refractivity contribution in [3.05, 3.63) is 22.8 Å². The van der Waals surface area contributed by atoms with Crippen molar-refractivity contribution in [2.45, 2.75) is 59.9 Å². The van der Waals surface area contributed by atoms with E-state index < -0.39 is 0 Å². The highest BCUT2D eigenvalue weighted by atomic mass is 16.5. The predicted molar refractivity (Wildman–Crippen MR) is 83.3 cm³/mol. The molecular formula is C16H29N3O. The van der Waals surface area contributed by atoms with Gasteiger partial charge in [-0.05, 0) is 32.3 Å². The number of hydrogen-bond donors (Lipinski definition) is 1. The lowest BCUT2D eigenvalue weighted by Gasteiger charge is -2.19. The van der Waals surface area contributed by atoms with E-state index in [4.69, 9.17) is 4.74 Å². The molecule has 1 unspecified atom stereocenters. The number of nitrogens with one attached hydrogen (secondary N) is 1. The first-order valence-electron chi connectivity index (χ1n) is 7.60. The summed E-state index contributed by atoms with van der Waals surface area (Å²) in [5.41, 5.74) is 3.47. The van der Waals surface area contributed by atoms with Crippen LogP contribution in [0.2, 0.25) is 0 Å². The van der Waals surface area contributed by atoms with Crippen LogP contribution in [0.15, 0.2) is 0 Å². The summed E-state index contributed by atoms with van der Waals surface area (Å²) in [5.74, 6) is 1.32. The molecule has 0 amide bonds. The molecule has 0 aliphatic rings. The van der Waals surface area contributed by atoms with Crippen LogP contribution >= 0.6 is 0 Å². The molecule has 1 N–H and O–H groups in total. The fourth-order valence-corrected chi connectivity index (χ4v) is 2.44. The molecule has 1 atom stereocenters. The molecular weight excluding hydrogens is 250 g/mol. The van der Waals surface area contributed by atoms with E-state index in [0.29, 0.717) is 18.6 Å². The van der Waals surface area contributed by atoms with Gasteiger partial charge in [-0.1, -0.05) is 20.8 Å². The summed E-state index contributed by atoms with van der Waals surface area (Å²) in [7, 11) is 0. The van der Waals surface area contributed by atoms with Gasteiger partial charge in [0, 0.05) is 37.0 Å². The van der Waals surface area contributed by atoms with Gasteiger partial charge in [-0.25, -0.2) is 9.97 Å². The zero-order valence-electron chi connectivity index (χ0n) is 13.8. The maximum atomic E-state index is 5.37. The fraction of sp³-hybridized carbons (Fsp3) is 0.750. The van der Waals surface area contributed by atoms with Gasteiger partial charge < -0.3 is 10.1 Å². The lowest BCUT2D eigenvalue weighted by Crippen LogP contribution is -2.28. The van der Waals surface area contributed by atoms with E-state index in [-0.39, 0.29) is 0 Å². The van der Waals surface area contributed by atoms with Crippen molar-refractivity contribution in [3.8, 4) is 0 Å². The normalized spacial score (nSPS) is 12.9. The van der Waals surface area contributed by atoms with Gasteiger partial charge >= 0.3 is 0 Å². The van der Waals surface area contributed by atoms with Crippen molar-refractivity contribution >= 4 is 0 Å². The van der Waals surface area contributed by atoms with Gasteiger partial charge in [0.2, 0.25) is 0 Å². The minimum atomic E-state index is 0.429. The van der Waals surface area contributed by atoms with Crippen molar-refractivity contribution in [1.82, 2.24) is 15.3 Å². The molecule has 1 aromatic rings. The molecule has 0 saturated heterocycles. The third-order valence-corrected chi connectivity index (χ3v) is 3.37. The number of aromatic nitrogens is 2. The monoisotopic (exact) mass is 279 g/mol. The van der Waals surface area contributed by atoms with Gasteiger partial charge in [-0.3, -0.25) is 0 Å². The van der Waals surface area contributed by atoms with E-state index in [1.165, 1.54) is 5.56 Å². The second-order valence-corrected chi connectivity index (χ2v) is 5.64. The minimum absolute atomic E-state index is 0.429. The van der Waals surface area contributed by atoms with Gasteiger partial charge in [0.05, 0.1) is 6.61 Å². The Balaban J connectivity index is 2.77. The first-order valence-corrected chi connectivity index (χ1v) is 7.60. The molecule has 4 heteroatoms. The smallest absolute Gasteiger partial charge is 0.131 e. The largest absolute Gasteiger partial charge is 0.381 e. The van der Waals surface area contributed by atoms with Crippen LogP contribution < -0.4 is 5.32 Å². The van der Waals surface area contributed by atoms with Crippen molar-refractivity contribution in [3.63, 3.8) is 0 Å². The van der Waals surface area contributed by atoms with Gasteiger partial charge in [0.1, 0.15) is 5.82 Å². The summed E-state index contributed by atoms with van der Waals surface area (Å²) in [4.78, 5) is 9.27. The molecule has 0 saturated carbocycles. The summed E-state index contributed by atoms with van der Waals surface area (Å²) in [6.07, 6.45) is 0.786. The number of aryl methyl sites for hydroxylation is 2. The van der Waals surface area contributed by atoms with E-state index in [0.717, 1.165) is 36.8 Å². The first-order chi connectivity index (χ1) is 9.45. The van der Waals surface area contributed by atoms with Crippen LogP contribution in [0.5, 0.6) is 0 Å². The second kappa shape index (κ2) is 8.32. The number of ether oxygens (including phenoxy) is 1. The Morgan fingerprint density at radius 1 is 1.10 bits per heavy atom. The lowest BCUT2D eigenvalue weighted by molar-refractivity contribution is 0.149. The van der Waals surface area contributed by atoms with Crippen molar-refractivity contribution < 1.29 is 4.74 Å². The third kappa shape index (κ3) is 5.17. The Morgan fingerprint density at radius 3 is 2.20 bits per heavy atom.